The molecule has 0 spiro atoms. The predicted molar refractivity (Wildman–Crippen MR) is 80.3 cm³/mol. The minimum absolute atomic E-state index is 0.306. The van der Waals surface area contributed by atoms with Crippen LogP contribution < -0.4 is 14.8 Å². The molecule has 1 atom stereocenters. The highest BCUT2D eigenvalue weighted by Gasteiger charge is 2.20. The molecule has 0 bridgehead atoms. The average Bonchev–Trinajstić information content (AvgIpc) is 2.53. The molecule has 3 rings (SSSR count). The smallest absolute Gasteiger partial charge is 0.129 e. The van der Waals surface area contributed by atoms with Gasteiger partial charge in [0.25, 0.3) is 0 Å². The molecular formula is C17H18FNO2. The molecule has 0 radical (unpaired) electrons. The summed E-state index contributed by atoms with van der Waals surface area (Å²) in [6.45, 7) is 0.697. The molecule has 1 aliphatic heterocycles. The van der Waals surface area contributed by atoms with Gasteiger partial charge in [-0.05, 0) is 30.8 Å². The van der Waals surface area contributed by atoms with Crippen LogP contribution >= 0.6 is 0 Å². The van der Waals surface area contributed by atoms with Gasteiger partial charge < -0.3 is 14.8 Å². The van der Waals surface area contributed by atoms with Crippen LogP contribution in [0, 0.1) is 5.82 Å². The van der Waals surface area contributed by atoms with E-state index in [1.165, 1.54) is 12.1 Å². The maximum atomic E-state index is 13.3. The van der Waals surface area contributed by atoms with Gasteiger partial charge in [0.2, 0.25) is 0 Å². The topological polar surface area (TPSA) is 30.5 Å². The number of fused-ring (bicyclic) bond motifs is 1. The minimum Gasteiger partial charge on any atom is -0.496 e. The van der Waals surface area contributed by atoms with Crippen molar-refractivity contribution in [1.82, 2.24) is 5.32 Å². The summed E-state index contributed by atoms with van der Waals surface area (Å²) in [5.74, 6) is 1.10. The molecule has 1 N–H and O–H groups in total. The van der Waals surface area contributed by atoms with E-state index in [0.717, 1.165) is 28.9 Å². The van der Waals surface area contributed by atoms with E-state index in [9.17, 15) is 4.39 Å². The van der Waals surface area contributed by atoms with E-state index in [0.29, 0.717) is 18.4 Å². The van der Waals surface area contributed by atoms with Gasteiger partial charge in [-0.15, -0.1) is 0 Å². The maximum absolute atomic E-state index is 13.3. The highest BCUT2D eigenvalue weighted by atomic mass is 19.1. The number of hydrogen-bond donors (Lipinski definition) is 1. The standard InChI is InChI=1S/C17H18FNO2/c1-19-15-7-8-21-17-9-11(3-5-14(15)17)13-6-4-12(18)10-16(13)20-2/h3-6,9-10,15,19H,7-8H2,1-2H3/t15-/m1/s1. The van der Waals surface area contributed by atoms with Crippen LogP contribution in [0.2, 0.25) is 0 Å². The second-order valence-corrected chi connectivity index (χ2v) is 5.08. The van der Waals surface area contributed by atoms with E-state index >= 15 is 0 Å². The third-order valence-corrected chi connectivity index (χ3v) is 3.88. The Morgan fingerprint density at radius 2 is 2.10 bits per heavy atom. The molecule has 1 aliphatic rings. The highest BCUT2D eigenvalue weighted by molar-refractivity contribution is 5.72. The van der Waals surface area contributed by atoms with E-state index in [1.54, 1.807) is 13.2 Å². The summed E-state index contributed by atoms with van der Waals surface area (Å²) in [4.78, 5) is 0. The van der Waals surface area contributed by atoms with E-state index in [1.807, 2.05) is 19.2 Å². The first-order valence-corrected chi connectivity index (χ1v) is 7.01. The number of ether oxygens (including phenoxy) is 2. The summed E-state index contributed by atoms with van der Waals surface area (Å²) < 4.78 is 24.3. The Morgan fingerprint density at radius 3 is 2.86 bits per heavy atom. The van der Waals surface area contributed by atoms with Crippen molar-refractivity contribution in [1.29, 1.82) is 0 Å². The molecule has 0 unspecified atom stereocenters. The van der Waals surface area contributed by atoms with Crippen molar-refractivity contribution in [2.75, 3.05) is 20.8 Å². The fourth-order valence-electron chi connectivity index (χ4n) is 2.76. The summed E-state index contributed by atoms with van der Waals surface area (Å²) in [6, 6.07) is 11.0. The van der Waals surface area contributed by atoms with Gasteiger partial charge in [-0.3, -0.25) is 0 Å². The van der Waals surface area contributed by atoms with Crippen molar-refractivity contribution in [2.24, 2.45) is 0 Å². The van der Waals surface area contributed by atoms with Gasteiger partial charge in [0.1, 0.15) is 17.3 Å². The fraction of sp³-hybridized carbons (Fsp3) is 0.294. The van der Waals surface area contributed by atoms with E-state index < -0.39 is 0 Å². The second-order valence-electron chi connectivity index (χ2n) is 5.08. The van der Waals surface area contributed by atoms with Gasteiger partial charge in [0.05, 0.1) is 13.7 Å². The molecule has 4 heteroatoms. The Bertz CT molecular complexity index is 657. The van der Waals surface area contributed by atoms with Crippen molar-refractivity contribution in [3.05, 3.63) is 47.8 Å². The molecule has 3 nitrogen and oxygen atoms in total. The lowest BCUT2D eigenvalue weighted by Crippen LogP contribution is -2.23. The summed E-state index contributed by atoms with van der Waals surface area (Å²) in [5, 5.41) is 3.30. The highest BCUT2D eigenvalue weighted by Crippen LogP contribution is 2.38. The van der Waals surface area contributed by atoms with Crippen molar-refractivity contribution in [3.63, 3.8) is 0 Å². The van der Waals surface area contributed by atoms with Crippen LogP contribution in [0.3, 0.4) is 0 Å². The first kappa shape index (κ1) is 13.9. The average molecular weight is 287 g/mol. The molecule has 2 aromatic carbocycles. The van der Waals surface area contributed by atoms with Crippen LogP contribution in [0.15, 0.2) is 36.4 Å². The van der Waals surface area contributed by atoms with Crippen LogP contribution in [0.25, 0.3) is 11.1 Å². The van der Waals surface area contributed by atoms with Gasteiger partial charge in [-0.2, -0.15) is 0 Å². The molecule has 21 heavy (non-hydrogen) atoms. The summed E-state index contributed by atoms with van der Waals surface area (Å²) in [6.07, 6.45) is 0.961. The largest absolute Gasteiger partial charge is 0.496 e. The van der Waals surface area contributed by atoms with E-state index in [-0.39, 0.29) is 5.82 Å². The van der Waals surface area contributed by atoms with Gasteiger partial charge in [-0.25, -0.2) is 4.39 Å². The summed E-state index contributed by atoms with van der Waals surface area (Å²) in [5.41, 5.74) is 2.98. The predicted octanol–water partition coefficient (Wildman–Crippen LogP) is 3.54. The Balaban J connectivity index is 2.05. The molecular weight excluding hydrogens is 269 g/mol. The first-order chi connectivity index (χ1) is 10.2. The number of methoxy groups -OCH3 is 1. The van der Waals surface area contributed by atoms with Crippen LogP contribution in [-0.2, 0) is 0 Å². The normalized spacial score (nSPS) is 17.0. The number of benzene rings is 2. The second kappa shape index (κ2) is 5.74. The third kappa shape index (κ3) is 2.59. The zero-order valence-electron chi connectivity index (χ0n) is 12.2. The number of rotatable bonds is 3. The van der Waals surface area contributed by atoms with Crippen molar-refractivity contribution in [3.8, 4) is 22.6 Å². The molecule has 2 aromatic rings. The molecule has 0 amide bonds. The fourth-order valence-corrected chi connectivity index (χ4v) is 2.76. The van der Waals surface area contributed by atoms with Gasteiger partial charge in [0.15, 0.2) is 0 Å². The third-order valence-electron chi connectivity index (χ3n) is 3.88. The van der Waals surface area contributed by atoms with Crippen LogP contribution in [-0.4, -0.2) is 20.8 Å². The molecule has 0 saturated carbocycles. The van der Waals surface area contributed by atoms with E-state index in [4.69, 9.17) is 9.47 Å². The minimum atomic E-state index is -0.306. The molecule has 0 aliphatic carbocycles. The Kier molecular flexibility index (Phi) is 3.80. The van der Waals surface area contributed by atoms with Gasteiger partial charge in [0, 0.05) is 29.7 Å². The monoisotopic (exact) mass is 287 g/mol. The SMILES string of the molecule is CN[C@@H]1CCOc2cc(-c3ccc(F)cc3OC)ccc21. The van der Waals surface area contributed by atoms with Crippen LogP contribution in [0.1, 0.15) is 18.0 Å². The van der Waals surface area contributed by atoms with Crippen molar-refractivity contribution < 1.29 is 13.9 Å². The Labute approximate surface area is 123 Å². The lowest BCUT2D eigenvalue weighted by atomic mass is 9.96. The van der Waals surface area contributed by atoms with Crippen LogP contribution in [0.5, 0.6) is 11.5 Å². The first-order valence-electron chi connectivity index (χ1n) is 7.01. The van der Waals surface area contributed by atoms with Gasteiger partial charge in [-0.1, -0.05) is 12.1 Å². The Morgan fingerprint density at radius 1 is 1.24 bits per heavy atom. The molecule has 0 fully saturated rings. The lowest BCUT2D eigenvalue weighted by molar-refractivity contribution is 0.257. The van der Waals surface area contributed by atoms with Crippen molar-refractivity contribution in [2.45, 2.75) is 12.5 Å². The van der Waals surface area contributed by atoms with E-state index in [2.05, 4.69) is 11.4 Å². The zero-order valence-corrected chi connectivity index (χ0v) is 12.2. The number of nitrogens with one attached hydrogen (secondary N) is 1. The Hall–Kier alpha value is -2.07. The number of hydrogen-bond acceptors (Lipinski definition) is 3. The molecule has 0 saturated heterocycles. The lowest BCUT2D eigenvalue weighted by Gasteiger charge is -2.26. The molecule has 0 aromatic heterocycles. The summed E-state index contributed by atoms with van der Waals surface area (Å²) in [7, 11) is 3.50. The molecule has 110 valence electrons. The number of halogens is 1. The quantitative estimate of drug-likeness (QED) is 0.936. The summed E-state index contributed by atoms with van der Waals surface area (Å²) >= 11 is 0. The van der Waals surface area contributed by atoms with Crippen LogP contribution in [0.4, 0.5) is 4.39 Å². The van der Waals surface area contributed by atoms with Crippen molar-refractivity contribution >= 4 is 0 Å². The van der Waals surface area contributed by atoms with Gasteiger partial charge >= 0.3 is 0 Å². The molecule has 1 heterocycles. The maximum Gasteiger partial charge on any atom is 0.129 e. The zero-order chi connectivity index (χ0) is 14.8.